The summed E-state index contributed by atoms with van der Waals surface area (Å²) in [5.41, 5.74) is 11.0. The summed E-state index contributed by atoms with van der Waals surface area (Å²) in [4.78, 5) is 4.71. The molecule has 2 aromatic carbocycles. The van der Waals surface area contributed by atoms with Crippen molar-refractivity contribution in [2.75, 3.05) is 7.11 Å². The van der Waals surface area contributed by atoms with Gasteiger partial charge < -0.3 is 15.2 Å². The van der Waals surface area contributed by atoms with Gasteiger partial charge in [-0.25, -0.2) is 4.98 Å². The van der Waals surface area contributed by atoms with E-state index in [-0.39, 0.29) is 11.8 Å². The number of thioether (sulfide) groups is 1. The highest BCUT2D eigenvalue weighted by atomic mass is 32.2. The minimum Gasteiger partial charge on any atom is -0.496 e. The Balaban J connectivity index is 1.51. The highest BCUT2D eigenvalue weighted by Crippen LogP contribution is 2.44. The number of para-hydroxylation sites is 1. The summed E-state index contributed by atoms with van der Waals surface area (Å²) in [6.45, 7) is 1.91. The van der Waals surface area contributed by atoms with E-state index in [0.29, 0.717) is 17.2 Å². The maximum absolute atomic E-state index is 9.80. The quantitative estimate of drug-likeness (QED) is 0.409. The van der Waals surface area contributed by atoms with Crippen molar-refractivity contribution in [3.8, 4) is 17.7 Å². The van der Waals surface area contributed by atoms with E-state index in [1.54, 1.807) is 30.2 Å². The molecular weight excluding hydrogens is 442 g/mol. The molecule has 0 spiro atoms. The maximum Gasteiger partial charge on any atom is 0.244 e. The first-order valence-corrected chi connectivity index (χ1v) is 11.7. The Morgan fingerprint density at radius 1 is 1.31 bits per heavy atom. The van der Waals surface area contributed by atoms with Gasteiger partial charge in [-0.1, -0.05) is 36.0 Å². The fraction of sp³-hybridized carbons (Fsp3) is 0.174. The molecule has 1 unspecified atom stereocenters. The first-order valence-electron chi connectivity index (χ1n) is 9.86. The zero-order valence-corrected chi connectivity index (χ0v) is 19.0. The number of ether oxygens (including phenoxy) is 2. The number of fused-ring (bicyclic) bond motifs is 2. The first-order chi connectivity index (χ1) is 15.6. The lowest BCUT2D eigenvalue weighted by Gasteiger charge is -2.24. The molecule has 1 aliphatic heterocycles. The van der Waals surface area contributed by atoms with Gasteiger partial charge in [-0.05, 0) is 30.7 Å². The smallest absolute Gasteiger partial charge is 0.244 e. The molecule has 0 saturated carbocycles. The van der Waals surface area contributed by atoms with Gasteiger partial charge in [-0.2, -0.15) is 5.26 Å². The second kappa shape index (κ2) is 8.22. The average molecular weight is 462 g/mol. The number of nitriles is 1. The second-order valence-corrected chi connectivity index (χ2v) is 9.55. The third kappa shape index (κ3) is 3.47. The number of nitrogens with zero attached hydrogens (tertiary/aromatic N) is 3. The summed E-state index contributed by atoms with van der Waals surface area (Å²) < 4.78 is 13.4. The lowest BCUT2D eigenvalue weighted by Crippen LogP contribution is -2.21. The standard InChI is InChI=1S/C23H19N5O2S2/c1-12-19-20(15(10-24)21(25)30-22(19)28-27-12)13-7-8-17(29-2)14(9-13)11-31-23-26-16-5-3-4-6-18(16)32-23/h3-9,20H,11,25H2,1-2H3,(H,27,28). The zero-order valence-electron chi connectivity index (χ0n) is 17.4. The van der Waals surface area contributed by atoms with E-state index in [1.807, 2.05) is 37.3 Å². The van der Waals surface area contributed by atoms with E-state index >= 15 is 0 Å². The van der Waals surface area contributed by atoms with Gasteiger partial charge in [0.2, 0.25) is 11.8 Å². The van der Waals surface area contributed by atoms with Crippen molar-refractivity contribution >= 4 is 33.3 Å². The number of H-pyrrole nitrogens is 1. The lowest BCUT2D eigenvalue weighted by atomic mass is 9.83. The fourth-order valence-electron chi connectivity index (χ4n) is 3.88. The molecular formula is C23H19N5O2S2. The van der Waals surface area contributed by atoms with Crippen LogP contribution >= 0.6 is 23.1 Å². The number of benzene rings is 2. The Morgan fingerprint density at radius 2 is 2.16 bits per heavy atom. The van der Waals surface area contributed by atoms with Gasteiger partial charge in [0.05, 0.1) is 23.2 Å². The number of hydrogen-bond acceptors (Lipinski definition) is 8. The highest BCUT2D eigenvalue weighted by Gasteiger charge is 2.34. The molecule has 5 rings (SSSR count). The van der Waals surface area contributed by atoms with E-state index in [0.717, 1.165) is 38.0 Å². The third-order valence-corrected chi connectivity index (χ3v) is 7.62. The van der Waals surface area contributed by atoms with E-state index in [1.165, 1.54) is 4.70 Å². The normalized spacial score (nSPS) is 15.3. The highest BCUT2D eigenvalue weighted by molar-refractivity contribution is 8.00. The SMILES string of the molecule is COc1ccc(C2C(C#N)=C(N)Oc3n[nH]c(C)c32)cc1CSc1nc2ccccc2s1. The molecule has 0 radical (unpaired) electrons. The third-order valence-electron chi connectivity index (χ3n) is 5.39. The minimum atomic E-state index is -0.361. The van der Waals surface area contributed by atoms with Crippen molar-refractivity contribution in [2.24, 2.45) is 5.73 Å². The van der Waals surface area contributed by atoms with Crippen molar-refractivity contribution in [3.63, 3.8) is 0 Å². The van der Waals surface area contributed by atoms with Gasteiger partial charge >= 0.3 is 0 Å². The molecule has 1 atom stereocenters. The molecule has 0 aliphatic carbocycles. The maximum atomic E-state index is 9.80. The molecule has 1 aliphatic rings. The van der Waals surface area contributed by atoms with Crippen molar-refractivity contribution in [3.05, 3.63) is 76.3 Å². The van der Waals surface area contributed by atoms with Crippen molar-refractivity contribution in [1.82, 2.24) is 15.2 Å². The molecule has 0 amide bonds. The zero-order chi connectivity index (χ0) is 22.2. The van der Waals surface area contributed by atoms with Crippen LogP contribution in [0.1, 0.15) is 28.3 Å². The van der Waals surface area contributed by atoms with Crippen LogP contribution in [-0.4, -0.2) is 22.3 Å². The van der Waals surface area contributed by atoms with Crippen LogP contribution in [0.15, 0.2) is 58.3 Å². The van der Waals surface area contributed by atoms with Gasteiger partial charge in [-0.3, -0.25) is 5.10 Å². The monoisotopic (exact) mass is 461 g/mol. The van der Waals surface area contributed by atoms with Gasteiger partial charge in [0, 0.05) is 22.6 Å². The molecule has 9 heteroatoms. The fourth-order valence-corrected chi connectivity index (χ4v) is 5.92. The molecule has 4 aromatic rings. The second-order valence-electron chi connectivity index (χ2n) is 7.30. The molecule has 0 fully saturated rings. The van der Waals surface area contributed by atoms with Crippen LogP contribution in [0.4, 0.5) is 0 Å². The number of aromatic nitrogens is 3. The van der Waals surface area contributed by atoms with E-state index in [9.17, 15) is 5.26 Å². The van der Waals surface area contributed by atoms with Crippen molar-refractivity contribution in [1.29, 1.82) is 5.26 Å². The molecule has 160 valence electrons. The molecule has 0 saturated heterocycles. The molecule has 0 bridgehead atoms. The molecule has 3 heterocycles. The lowest BCUT2D eigenvalue weighted by molar-refractivity contribution is 0.378. The van der Waals surface area contributed by atoms with Crippen LogP contribution < -0.4 is 15.2 Å². The molecule has 7 nitrogen and oxygen atoms in total. The van der Waals surface area contributed by atoms with Gasteiger partial charge in [0.1, 0.15) is 17.4 Å². The van der Waals surface area contributed by atoms with Crippen LogP contribution in [0, 0.1) is 18.3 Å². The number of hydrogen-bond donors (Lipinski definition) is 2. The first kappa shape index (κ1) is 20.4. The summed E-state index contributed by atoms with van der Waals surface area (Å²) >= 11 is 3.34. The van der Waals surface area contributed by atoms with Crippen LogP contribution in [0.2, 0.25) is 0 Å². The van der Waals surface area contributed by atoms with Crippen LogP contribution in [0.5, 0.6) is 11.6 Å². The molecule has 3 N–H and O–H groups in total. The predicted octanol–water partition coefficient (Wildman–Crippen LogP) is 4.85. The van der Waals surface area contributed by atoms with Gasteiger partial charge in [0.25, 0.3) is 0 Å². The number of nitrogens with two attached hydrogens (primary N) is 1. The number of thiazole rings is 1. The summed E-state index contributed by atoms with van der Waals surface area (Å²) in [7, 11) is 1.66. The summed E-state index contributed by atoms with van der Waals surface area (Å²) in [6, 6.07) is 16.3. The summed E-state index contributed by atoms with van der Waals surface area (Å²) in [5.74, 6) is 1.59. The van der Waals surface area contributed by atoms with Gasteiger partial charge in [-0.15, -0.1) is 16.4 Å². The average Bonchev–Trinajstić information content (AvgIpc) is 3.39. The van der Waals surface area contributed by atoms with E-state index in [2.05, 4.69) is 28.4 Å². The number of nitrogens with one attached hydrogen (secondary N) is 1. The van der Waals surface area contributed by atoms with Crippen LogP contribution in [0.25, 0.3) is 10.2 Å². The molecule has 32 heavy (non-hydrogen) atoms. The van der Waals surface area contributed by atoms with Crippen LogP contribution in [-0.2, 0) is 5.75 Å². The topological polar surface area (TPSA) is 110 Å². The van der Waals surface area contributed by atoms with Crippen LogP contribution in [0.3, 0.4) is 0 Å². The van der Waals surface area contributed by atoms with E-state index in [4.69, 9.17) is 20.2 Å². The molecule has 2 aromatic heterocycles. The predicted molar refractivity (Wildman–Crippen MR) is 125 cm³/mol. The van der Waals surface area contributed by atoms with Crippen molar-refractivity contribution in [2.45, 2.75) is 22.9 Å². The number of aryl methyl sites for hydroxylation is 1. The summed E-state index contributed by atoms with van der Waals surface area (Å²) in [6.07, 6.45) is 0. The number of allylic oxidation sites excluding steroid dienone is 1. The number of methoxy groups -OCH3 is 1. The summed E-state index contributed by atoms with van der Waals surface area (Å²) in [5, 5.41) is 16.9. The largest absolute Gasteiger partial charge is 0.496 e. The Kier molecular flexibility index (Phi) is 5.25. The Morgan fingerprint density at radius 3 is 2.94 bits per heavy atom. The Labute approximate surface area is 192 Å². The Bertz CT molecular complexity index is 1370. The number of aromatic amines is 1. The van der Waals surface area contributed by atoms with Crippen molar-refractivity contribution < 1.29 is 9.47 Å². The number of rotatable bonds is 5. The Hall–Kier alpha value is -3.48. The van der Waals surface area contributed by atoms with E-state index < -0.39 is 0 Å². The minimum absolute atomic E-state index is 0.0812. The van der Waals surface area contributed by atoms with Gasteiger partial charge in [0.15, 0.2) is 4.34 Å².